The Balaban J connectivity index is 2.05. The highest BCUT2D eigenvalue weighted by atomic mass is 19.1. The number of benzene rings is 2. The molecule has 0 aliphatic carbocycles. The number of hydrogen-bond acceptors (Lipinski definition) is 2. The van der Waals surface area contributed by atoms with Crippen LogP contribution in [0.4, 0.5) is 4.39 Å². The summed E-state index contributed by atoms with van der Waals surface area (Å²) in [5.41, 5.74) is 3.43. The largest absolute Gasteiger partial charge is 0.478 e. The molecule has 0 fully saturated rings. The molecule has 0 heterocycles. The lowest BCUT2D eigenvalue weighted by Crippen LogP contribution is -2.39. The van der Waals surface area contributed by atoms with Gasteiger partial charge < -0.3 is 10.1 Å². The Bertz CT molecular complexity index is 715. The van der Waals surface area contributed by atoms with E-state index in [0.29, 0.717) is 6.42 Å². The number of halogens is 1. The Kier molecular flexibility index (Phi) is 5.96. The normalized spacial score (nSPS) is 13.2. The number of carbonyl (C=O) groups is 1. The number of para-hydroxylation sites is 1. The van der Waals surface area contributed by atoms with Crippen molar-refractivity contribution in [3.05, 3.63) is 65.0 Å². The third kappa shape index (κ3) is 4.34. The maximum Gasteiger partial charge on any atom is 0.261 e. The van der Waals surface area contributed by atoms with Gasteiger partial charge >= 0.3 is 0 Å². The molecule has 0 spiro atoms. The van der Waals surface area contributed by atoms with Gasteiger partial charge in [0.25, 0.3) is 5.91 Å². The monoisotopic (exact) mass is 329 g/mol. The Morgan fingerprint density at radius 3 is 2.50 bits per heavy atom. The van der Waals surface area contributed by atoms with Crippen LogP contribution < -0.4 is 10.1 Å². The van der Waals surface area contributed by atoms with Crippen molar-refractivity contribution in [1.29, 1.82) is 0 Å². The van der Waals surface area contributed by atoms with Crippen molar-refractivity contribution in [2.45, 2.75) is 46.3 Å². The van der Waals surface area contributed by atoms with Crippen LogP contribution >= 0.6 is 0 Å². The number of ether oxygens (including phenoxy) is 1. The maximum absolute atomic E-state index is 13.7. The number of amides is 1. The number of rotatable bonds is 6. The van der Waals surface area contributed by atoms with Crippen molar-refractivity contribution in [2.75, 3.05) is 0 Å². The molecule has 2 atom stereocenters. The van der Waals surface area contributed by atoms with E-state index in [1.165, 1.54) is 23.3 Å². The molecule has 0 aliphatic heterocycles. The zero-order valence-electron chi connectivity index (χ0n) is 14.6. The van der Waals surface area contributed by atoms with Gasteiger partial charge in [-0.25, -0.2) is 4.39 Å². The average Bonchev–Trinajstić information content (AvgIpc) is 2.56. The molecule has 1 N–H and O–H groups in total. The molecule has 0 aliphatic rings. The van der Waals surface area contributed by atoms with Crippen LogP contribution in [0.25, 0.3) is 0 Å². The summed E-state index contributed by atoms with van der Waals surface area (Å²) >= 11 is 0. The lowest BCUT2D eigenvalue weighted by molar-refractivity contribution is -0.128. The van der Waals surface area contributed by atoms with Gasteiger partial charge in [0.2, 0.25) is 0 Å². The summed E-state index contributed by atoms with van der Waals surface area (Å²) in [6.45, 7) is 7.87. The summed E-state index contributed by atoms with van der Waals surface area (Å²) in [6, 6.07) is 12.1. The van der Waals surface area contributed by atoms with Crippen LogP contribution in [0.3, 0.4) is 0 Å². The van der Waals surface area contributed by atoms with E-state index in [-0.39, 0.29) is 17.7 Å². The molecule has 2 rings (SSSR count). The van der Waals surface area contributed by atoms with E-state index in [9.17, 15) is 9.18 Å². The third-order valence-corrected chi connectivity index (χ3v) is 4.16. The Morgan fingerprint density at radius 1 is 1.17 bits per heavy atom. The van der Waals surface area contributed by atoms with Gasteiger partial charge in [0, 0.05) is 0 Å². The van der Waals surface area contributed by atoms with Gasteiger partial charge in [0.05, 0.1) is 6.04 Å². The van der Waals surface area contributed by atoms with Gasteiger partial charge in [-0.05, 0) is 56.0 Å². The fourth-order valence-corrected chi connectivity index (χ4v) is 2.44. The maximum atomic E-state index is 13.7. The van der Waals surface area contributed by atoms with E-state index in [0.717, 1.165) is 5.56 Å². The second kappa shape index (κ2) is 7.95. The van der Waals surface area contributed by atoms with Gasteiger partial charge in [-0.15, -0.1) is 0 Å². The predicted molar refractivity (Wildman–Crippen MR) is 93.6 cm³/mol. The van der Waals surface area contributed by atoms with Gasteiger partial charge in [0.1, 0.15) is 0 Å². The zero-order valence-corrected chi connectivity index (χ0v) is 14.6. The quantitative estimate of drug-likeness (QED) is 0.849. The fraction of sp³-hybridized carbons (Fsp3) is 0.350. The molecule has 0 bridgehead atoms. The first-order valence-corrected chi connectivity index (χ1v) is 8.21. The molecule has 3 nitrogen and oxygen atoms in total. The smallest absolute Gasteiger partial charge is 0.261 e. The minimum atomic E-state index is -0.726. The average molecular weight is 329 g/mol. The molecule has 24 heavy (non-hydrogen) atoms. The molecule has 0 radical (unpaired) electrons. The first-order chi connectivity index (χ1) is 11.4. The highest BCUT2D eigenvalue weighted by Gasteiger charge is 2.21. The van der Waals surface area contributed by atoms with Gasteiger partial charge in [-0.3, -0.25) is 4.79 Å². The molecule has 0 unspecified atom stereocenters. The molecule has 0 saturated heterocycles. The first-order valence-electron chi connectivity index (χ1n) is 8.21. The molecule has 2 aromatic rings. The highest BCUT2D eigenvalue weighted by Crippen LogP contribution is 2.20. The molecular weight excluding hydrogens is 305 g/mol. The standard InChI is InChI=1S/C20H24FNO2/c1-5-18(24-19-9-7-6-8-17(19)21)20(23)22-15(4)16-11-10-13(2)14(3)12-16/h6-12,15,18H,5H2,1-4H3,(H,22,23)/t15-,18+/m1/s1. The number of hydrogen-bond donors (Lipinski definition) is 1. The summed E-state index contributed by atoms with van der Waals surface area (Å²) in [4.78, 5) is 12.5. The second-order valence-electron chi connectivity index (χ2n) is 6.02. The highest BCUT2D eigenvalue weighted by molar-refractivity contribution is 5.81. The van der Waals surface area contributed by atoms with E-state index in [1.54, 1.807) is 12.1 Å². The van der Waals surface area contributed by atoms with Crippen molar-refractivity contribution < 1.29 is 13.9 Å². The number of nitrogens with one attached hydrogen (secondary N) is 1. The van der Waals surface area contributed by atoms with Crippen LogP contribution in [0.2, 0.25) is 0 Å². The SMILES string of the molecule is CC[C@H](Oc1ccccc1F)C(=O)N[C@H](C)c1ccc(C)c(C)c1. The van der Waals surface area contributed by atoms with Crippen molar-refractivity contribution >= 4 is 5.91 Å². The van der Waals surface area contributed by atoms with E-state index >= 15 is 0 Å². The Hall–Kier alpha value is -2.36. The van der Waals surface area contributed by atoms with Crippen LogP contribution in [0.1, 0.15) is 43.0 Å². The van der Waals surface area contributed by atoms with Gasteiger partial charge in [0.15, 0.2) is 17.7 Å². The van der Waals surface area contributed by atoms with E-state index in [2.05, 4.69) is 18.3 Å². The lowest BCUT2D eigenvalue weighted by Gasteiger charge is -2.21. The topological polar surface area (TPSA) is 38.3 Å². The molecule has 4 heteroatoms. The van der Waals surface area contributed by atoms with Gasteiger partial charge in [-0.1, -0.05) is 37.3 Å². The minimum Gasteiger partial charge on any atom is -0.478 e. The summed E-state index contributed by atoms with van der Waals surface area (Å²) in [6.07, 6.45) is -0.268. The number of carbonyl (C=O) groups excluding carboxylic acids is 1. The van der Waals surface area contributed by atoms with Crippen LogP contribution in [-0.4, -0.2) is 12.0 Å². The fourth-order valence-electron chi connectivity index (χ4n) is 2.44. The molecule has 0 aromatic heterocycles. The zero-order chi connectivity index (χ0) is 17.7. The summed E-state index contributed by atoms with van der Waals surface area (Å²) in [7, 11) is 0. The summed E-state index contributed by atoms with van der Waals surface area (Å²) in [5, 5.41) is 2.95. The molecule has 0 saturated carbocycles. The van der Waals surface area contributed by atoms with E-state index in [1.807, 2.05) is 32.9 Å². The molecular formula is C20H24FNO2. The second-order valence-corrected chi connectivity index (χ2v) is 6.02. The number of aryl methyl sites for hydroxylation is 2. The lowest BCUT2D eigenvalue weighted by atomic mass is 10.0. The summed E-state index contributed by atoms with van der Waals surface area (Å²) < 4.78 is 19.3. The van der Waals surface area contributed by atoms with Crippen molar-refractivity contribution in [2.24, 2.45) is 0 Å². The predicted octanol–water partition coefficient (Wildman–Crippen LogP) is 4.48. The van der Waals surface area contributed by atoms with Crippen molar-refractivity contribution in [3.8, 4) is 5.75 Å². The van der Waals surface area contributed by atoms with Crippen LogP contribution in [0.5, 0.6) is 5.75 Å². The molecule has 1 amide bonds. The Labute approximate surface area is 142 Å². The molecule has 2 aromatic carbocycles. The Morgan fingerprint density at radius 2 is 1.88 bits per heavy atom. The first kappa shape index (κ1) is 18.0. The van der Waals surface area contributed by atoms with E-state index < -0.39 is 11.9 Å². The van der Waals surface area contributed by atoms with Crippen LogP contribution in [0, 0.1) is 19.7 Å². The van der Waals surface area contributed by atoms with Crippen molar-refractivity contribution in [3.63, 3.8) is 0 Å². The van der Waals surface area contributed by atoms with Crippen LogP contribution in [-0.2, 0) is 4.79 Å². The molecule has 128 valence electrons. The van der Waals surface area contributed by atoms with Crippen molar-refractivity contribution in [1.82, 2.24) is 5.32 Å². The third-order valence-electron chi connectivity index (χ3n) is 4.16. The summed E-state index contributed by atoms with van der Waals surface area (Å²) in [5.74, 6) is -0.615. The minimum absolute atomic E-state index is 0.0957. The van der Waals surface area contributed by atoms with E-state index in [4.69, 9.17) is 4.74 Å². The van der Waals surface area contributed by atoms with Gasteiger partial charge in [-0.2, -0.15) is 0 Å². The van der Waals surface area contributed by atoms with Crippen LogP contribution in [0.15, 0.2) is 42.5 Å².